The van der Waals surface area contributed by atoms with Crippen molar-refractivity contribution in [3.05, 3.63) is 75.3 Å². The number of benzene rings is 2. The van der Waals surface area contributed by atoms with Crippen LogP contribution in [0.3, 0.4) is 0 Å². The second kappa shape index (κ2) is 5.89. The van der Waals surface area contributed by atoms with Crippen molar-refractivity contribution in [2.24, 2.45) is 0 Å². The van der Waals surface area contributed by atoms with E-state index in [1.165, 1.54) is 6.08 Å². The Morgan fingerprint density at radius 3 is 2.55 bits per heavy atom. The van der Waals surface area contributed by atoms with Crippen LogP contribution in [0.4, 0.5) is 0 Å². The van der Waals surface area contributed by atoms with E-state index in [1.807, 2.05) is 37.3 Å². The van der Waals surface area contributed by atoms with Gasteiger partial charge in [0.1, 0.15) is 12.4 Å². The average Bonchev–Trinajstić information content (AvgIpc) is 2.51. The molecule has 110 valence electrons. The van der Waals surface area contributed by atoms with Crippen LogP contribution in [0.25, 0.3) is 0 Å². The number of fused-ring (bicyclic) bond motifs is 1. The lowest BCUT2D eigenvalue weighted by Crippen LogP contribution is -2.16. The van der Waals surface area contributed by atoms with E-state index in [-0.39, 0.29) is 16.0 Å². The zero-order valence-corrected chi connectivity index (χ0v) is 13.5. The highest BCUT2D eigenvalue weighted by Gasteiger charge is 2.28. The maximum atomic E-state index is 12.2. The van der Waals surface area contributed by atoms with Crippen LogP contribution in [0.1, 0.15) is 31.8 Å². The van der Waals surface area contributed by atoms with Gasteiger partial charge in [-0.15, -0.1) is 0 Å². The summed E-state index contributed by atoms with van der Waals surface area (Å²) in [5.74, 6) is 0.0425. The molecule has 0 spiro atoms. The van der Waals surface area contributed by atoms with E-state index in [0.717, 1.165) is 11.1 Å². The predicted octanol–water partition coefficient (Wildman–Crippen LogP) is 4.23. The highest BCUT2D eigenvalue weighted by Crippen LogP contribution is 2.33. The van der Waals surface area contributed by atoms with Crippen molar-refractivity contribution in [3.8, 4) is 5.75 Å². The molecule has 0 aromatic heterocycles. The van der Waals surface area contributed by atoms with Gasteiger partial charge in [-0.3, -0.25) is 9.59 Å². The number of Topliss-reactive ketones (excluding diaryl/α,β-unsaturated/α-hetero) is 1. The van der Waals surface area contributed by atoms with Gasteiger partial charge in [0, 0.05) is 11.6 Å². The molecule has 1 aliphatic rings. The van der Waals surface area contributed by atoms with Crippen molar-refractivity contribution in [1.82, 2.24) is 0 Å². The number of ether oxygens (including phenoxy) is 1. The molecule has 0 radical (unpaired) electrons. The molecule has 0 saturated heterocycles. The summed E-state index contributed by atoms with van der Waals surface area (Å²) in [6.45, 7) is 2.22. The van der Waals surface area contributed by atoms with Crippen molar-refractivity contribution >= 4 is 27.5 Å². The first-order chi connectivity index (χ1) is 10.6. The highest BCUT2D eigenvalue weighted by molar-refractivity contribution is 9.12. The first-order valence-corrected chi connectivity index (χ1v) is 7.63. The molecule has 0 fully saturated rings. The Kier molecular flexibility index (Phi) is 3.94. The molecule has 2 aromatic carbocycles. The molecule has 0 aliphatic heterocycles. The first kappa shape index (κ1) is 14.7. The van der Waals surface area contributed by atoms with Gasteiger partial charge < -0.3 is 4.74 Å². The van der Waals surface area contributed by atoms with E-state index in [4.69, 9.17) is 4.74 Å². The third-order valence-corrected chi connectivity index (χ3v) is 4.04. The van der Waals surface area contributed by atoms with Gasteiger partial charge in [-0.1, -0.05) is 30.3 Å². The van der Waals surface area contributed by atoms with Crippen LogP contribution >= 0.6 is 15.9 Å². The minimum atomic E-state index is -0.218. The Morgan fingerprint density at radius 1 is 1.09 bits per heavy atom. The molecule has 4 heteroatoms. The number of allylic oxidation sites excluding steroid dienone is 2. The van der Waals surface area contributed by atoms with Crippen LogP contribution in [0.5, 0.6) is 5.75 Å². The Hall–Kier alpha value is -2.20. The van der Waals surface area contributed by atoms with Crippen molar-refractivity contribution in [3.63, 3.8) is 0 Å². The Bertz CT molecular complexity index is 791. The van der Waals surface area contributed by atoms with E-state index >= 15 is 0 Å². The lowest BCUT2D eigenvalue weighted by molar-refractivity contribution is 0.0988. The second-order valence-electron chi connectivity index (χ2n) is 5.15. The van der Waals surface area contributed by atoms with Crippen LogP contribution < -0.4 is 4.74 Å². The molecular formula is C18H13BrO3. The Morgan fingerprint density at radius 2 is 1.82 bits per heavy atom. The van der Waals surface area contributed by atoms with E-state index in [0.29, 0.717) is 23.5 Å². The number of carbonyl (C=O) groups is 2. The molecule has 0 amide bonds. The minimum Gasteiger partial charge on any atom is -0.488 e. The number of ketones is 2. The van der Waals surface area contributed by atoms with Crippen LogP contribution in [0.15, 0.2) is 53.0 Å². The van der Waals surface area contributed by atoms with Crippen LogP contribution in [-0.2, 0) is 6.61 Å². The van der Waals surface area contributed by atoms with Crippen molar-refractivity contribution in [2.75, 3.05) is 0 Å². The van der Waals surface area contributed by atoms with Crippen LogP contribution in [0, 0.1) is 6.92 Å². The normalized spacial score (nSPS) is 13.6. The quantitative estimate of drug-likeness (QED) is 0.826. The summed E-state index contributed by atoms with van der Waals surface area (Å²) >= 11 is 3.14. The largest absolute Gasteiger partial charge is 0.488 e. The maximum absolute atomic E-state index is 12.2. The summed E-state index contributed by atoms with van der Waals surface area (Å²) in [4.78, 5) is 24.5. The topological polar surface area (TPSA) is 43.4 Å². The minimum absolute atomic E-state index is 0.192. The number of carbonyl (C=O) groups excluding carboxylic acids is 2. The zero-order chi connectivity index (χ0) is 15.7. The smallest absolute Gasteiger partial charge is 0.200 e. The monoisotopic (exact) mass is 356 g/mol. The molecular weight excluding hydrogens is 344 g/mol. The van der Waals surface area contributed by atoms with Gasteiger partial charge in [-0.25, -0.2) is 0 Å². The molecule has 2 aromatic rings. The fourth-order valence-corrected chi connectivity index (χ4v) is 2.84. The number of rotatable bonds is 3. The van der Waals surface area contributed by atoms with Crippen LogP contribution in [0.2, 0.25) is 0 Å². The number of aryl methyl sites for hydroxylation is 1. The summed E-state index contributed by atoms with van der Waals surface area (Å²) in [7, 11) is 0. The number of hydrogen-bond donors (Lipinski definition) is 0. The molecule has 22 heavy (non-hydrogen) atoms. The van der Waals surface area contributed by atoms with Gasteiger partial charge in [0.2, 0.25) is 5.78 Å². The van der Waals surface area contributed by atoms with Gasteiger partial charge in [0.25, 0.3) is 0 Å². The fourth-order valence-electron chi connectivity index (χ4n) is 2.42. The predicted molar refractivity (Wildman–Crippen MR) is 87.6 cm³/mol. The van der Waals surface area contributed by atoms with Gasteiger partial charge in [-0.2, -0.15) is 0 Å². The van der Waals surface area contributed by atoms with Crippen molar-refractivity contribution in [2.45, 2.75) is 13.5 Å². The molecule has 0 heterocycles. The summed E-state index contributed by atoms with van der Waals surface area (Å²) in [6, 6.07) is 13.2. The number of hydrogen-bond acceptors (Lipinski definition) is 3. The molecule has 0 saturated carbocycles. The van der Waals surface area contributed by atoms with Crippen molar-refractivity contribution in [1.29, 1.82) is 0 Å². The lowest BCUT2D eigenvalue weighted by atomic mass is 9.92. The van der Waals surface area contributed by atoms with E-state index in [2.05, 4.69) is 15.9 Å². The fraction of sp³-hybridized carbons (Fsp3) is 0.111. The SMILES string of the molecule is Cc1cc(OCc2ccccc2)c2c(c1)C(=O)C(Br)=CC2=O. The molecule has 3 nitrogen and oxygen atoms in total. The number of halogens is 1. The van der Waals surface area contributed by atoms with Gasteiger partial charge in [-0.05, 0) is 46.1 Å². The zero-order valence-electron chi connectivity index (χ0n) is 11.9. The summed E-state index contributed by atoms with van der Waals surface area (Å²) in [6.07, 6.45) is 1.30. The third kappa shape index (κ3) is 2.74. The second-order valence-corrected chi connectivity index (χ2v) is 6.00. The molecule has 0 bridgehead atoms. The van der Waals surface area contributed by atoms with Crippen LogP contribution in [-0.4, -0.2) is 11.6 Å². The molecule has 1 aliphatic carbocycles. The van der Waals surface area contributed by atoms with E-state index in [9.17, 15) is 9.59 Å². The molecule has 0 atom stereocenters. The molecule has 0 unspecified atom stereocenters. The summed E-state index contributed by atoms with van der Waals surface area (Å²) in [5, 5.41) is 0. The van der Waals surface area contributed by atoms with Gasteiger partial charge in [0.15, 0.2) is 5.78 Å². The Balaban J connectivity index is 1.98. The lowest BCUT2D eigenvalue weighted by Gasteiger charge is -2.17. The summed E-state index contributed by atoms with van der Waals surface area (Å²) < 4.78 is 6.09. The summed E-state index contributed by atoms with van der Waals surface area (Å²) in [5.41, 5.74) is 2.62. The van der Waals surface area contributed by atoms with E-state index < -0.39 is 0 Å². The maximum Gasteiger partial charge on any atom is 0.200 e. The standard InChI is InChI=1S/C18H13BrO3/c1-11-7-13-17(15(20)9-14(19)18(13)21)16(8-11)22-10-12-5-3-2-4-6-12/h2-9H,10H2,1H3. The third-order valence-electron chi connectivity index (χ3n) is 3.45. The Labute approximate surface area is 136 Å². The van der Waals surface area contributed by atoms with Gasteiger partial charge >= 0.3 is 0 Å². The highest BCUT2D eigenvalue weighted by atomic mass is 79.9. The first-order valence-electron chi connectivity index (χ1n) is 6.84. The molecule has 3 rings (SSSR count). The van der Waals surface area contributed by atoms with Crippen molar-refractivity contribution < 1.29 is 14.3 Å². The molecule has 0 N–H and O–H groups in total. The van der Waals surface area contributed by atoms with E-state index in [1.54, 1.807) is 12.1 Å². The average molecular weight is 357 g/mol. The van der Waals surface area contributed by atoms with Gasteiger partial charge in [0.05, 0.1) is 10.0 Å².